The summed E-state index contributed by atoms with van der Waals surface area (Å²) in [5, 5.41) is 4.18. The van der Waals surface area contributed by atoms with Gasteiger partial charge in [-0.3, -0.25) is 14.4 Å². The van der Waals surface area contributed by atoms with Gasteiger partial charge in [0.15, 0.2) is 0 Å². The lowest BCUT2D eigenvalue weighted by Crippen LogP contribution is -2.35. The Hall–Kier alpha value is -1.72. The third-order valence-corrected chi connectivity index (χ3v) is 3.65. The summed E-state index contributed by atoms with van der Waals surface area (Å²) in [4.78, 5) is 29.6. The SMILES string of the molecule is O=C1c2ccccc2C(=O)N1OCC1CCNCC1. The molecule has 0 atom stereocenters. The van der Waals surface area contributed by atoms with Gasteiger partial charge in [-0.15, -0.1) is 5.06 Å². The predicted molar refractivity (Wildman–Crippen MR) is 68.5 cm³/mol. The van der Waals surface area contributed by atoms with E-state index in [0.717, 1.165) is 31.0 Å². The monoisotopic (exact) mass is 260 g/mol. The van der Waals surface area contributed by atoms with Crippen LogP contribution in [0, 0.1) is 5.92 Å². The molecule has 1 aromatic carbocycles. The van der Waals surface area contributed by atoms with Crippen molar-refractivity contribution >= 4 is 11.8 Å². The summed E-state index contributed by atoms with van der Waals surface area (Å²) in [6.07, 6.45) is 2.03. The lowest BCUT2D eigenvalue weighted by atomic mass is 10.00. The van der Waals surface area contributed by atoms with Crippen molar-refractivity contribution in [3.8, 4) is 0 Å². The molecule has 0 unspecified atom stereocenters. The largest absolute Gasteiger partial charge is 0.317 e. The van der Waals surface area contributed by atoms with E-state index in [1.165, 1.54) is 0 Å². The fourth-order valence-electron chi connectivity index (χ4n) is 2.51. The Balaban J connectivity index is 1.67. The Morgan fingerprint density at radius 1 is 1.11 bits per heavy atom. The van der Waals surface area contributed by atoms with Crippen LogP contribution in [0.5, 0.6) is 0 Å². The molecule has 1 fully saturated rings. The summed E-state index contributed by atoms with van der Waals surface area (Å²) >= 11 is 0. The van der Waals surface area contributed by atoms with Gasteiger partial charge in [0.1, 0.15) is 0 Å². The van der Waals surface area contributed by atoms with E-state index in [1.54, 1.807) is 24.3 Å². The lowest BCUT2D eigenvalue weighted by molar-refractivity contribution is -0.105. The van der Waals surface area contributed by atoms with Crippen LogP contribution in [-0.2, 0) is 4.84 Å². The number of imide groups is 1. The Morgan fingerprint density at radius 2 is 1.68 bits per heavy atom. The highest BCUT2D eigenvalue weighted by Crippen LogP contribution is 2.23. The number of nitrogens with one attached hydrogen (secondary N) is 1. The molecule has 2 aliphatic heterocycles. The van der Waals surface area contributed by atoms with E-state index < -0.39 is 0 Å². The summed E-state index contributed by atoms with van der Waals surface area (Å²) in [6.45, 7) is 2.36. The number of hydroxylamine groups is 2. The van der Waals surface area contributed by atoms with Gasteiger partial charge in [-0.2, -0.15) is 0 Å². The summed E-state index contributed by atoms with van der Waals surface area (Å²) in [7, 11) is 0. The molecule has 3 rings (SSSR count). The van der Waals surface area contributed by atoms with E-state index >= 15 is 0 Å². The molecule has 2 amide bonds. The van der Waals surface area contributed by atoms with Crippen LogP contribution in [0.25, 0.3) is 0 Å². The van der Waals surface area contributed by atoms with Crippen molar-refractivity contribution < 1.29 is 14.4 Å². The third-order valence-electron chi connectivity index (χ3n) is 3.65. The first-order valence-corrected chi connectivity index (χ1v) is 6.59. The van der Waals surface area contributed by atoms with E-state index in [-0.39, 0.29) is 11.8 Å². The highest BCUT2D eigenvalue weighted by atomic mass is 16.7. The Kier molecular flexibility index (Phi) is 3.31. The normalized spacial score (nSPS) is 19.9. The number of piperidine rings is 1. The molecule has 0 aromatic heterocycles. The van der Waals surface area contributed by atoms with Crippen molar-refractivity contribution in [2.75, 3.05) is 19.7 Å². The molecule has 100 valence electrons. The summed E-state index contributed by atoms with van der Waals surface area (Å²) in [6, 6.07) is 6.81. The number of hydrogen-bond donors (Lipinski definition) is 1. The van der Waals surface area contributed by atoms with Gasteiger partial charge in [0, 0.05) is 0 Å². The van der Waals surface area contributed by atoms with Crippen LogP contribution in [0.2, 0.25) is 0 Å². The highest BCUT2D eigenvalue weighted by molar-refractivity contribution is 6.20. The molecule has 0 spiro atoms. The van der Waals surface area contributed by atoms with E-state index in [0.29, 0.717) is 23.7 Å². The van der Waals surface area contributed by atoms with E-state index in [9.17, 15) is 9.59 Å². The minimum Gasteiger partial charge on any atom is -0.317 e. The summed E-state index contributed by atoms with van der Waals surface area (Å²) < 4.78 is 0. The van der Waals surface area contributed by atoms with Crippen molar-refractivity contribution in [1.82, 2.24) is 10.4 Å². The number of nitrogens with zero attached hydrogens (tertiary/aromatic N) is 1. The molecule has 1 aromatic rings. The smallest absolute Gasteiger partial charge is 0.285 e. The van der Waals surface area contributed by atoms with Gasteiger partial charge in [0.05, 0.1) is 17.7 Å². The van der Waals surface area contributed by atoms with Crippen molar-refractivity contribution in [1.29, 1.82) is 0 Å². The quantitative estimate of drug-likeness (QED) is 0.830. The average Bonchev–Trinajstić information content (AvgIpc) is 2.71. The molecule has 1 N–H and O–H groups in total. The molecule has 0 bridgehead atoms. The van der Waals surface area contributed by atoms with Crippen LogP contribution in [0.15, 0.2) is 24.3 Å². The first-order chi connectivity index (χ1) is 9.27. The Bertz CT molecular complexity index is 474. The molecule has 19 heavy (non-hydrogen) atoms. The van der Waals surface area contributed by atoms with Crippen LogP contribution in [-0.4, -0.2) is 36.6 Å². The van der Waals surface area contributed by atoms with Crippen LogP contribution in [0.1, 0.15) is 33.6 Å². The second kappa shape index (κ2) is 5.11. The zero-order valence-electron chi connectivity index (χ0n) is 10.6. The maximum Gasteiger partial charge on any atom is 0.285 e. The number of fused-ring (bicyclic) bond motifs is 1. The maximum absolute atomic E-state index is 12.0. The van der Waals surface area contributed by atoms with Crippen LogP contribution >= 0.6 is 0 Å². The molecule has 5 heteroatoms. The van der Waals surface area contributed by atoms with Crippen LogP contribution in [0.4, 0.5) is 0 Å². The standard InChI is InChI=1S/C14H16N2O3/c17-13-11-3-1-2-4-12(11)14(18)16(13)19-9-10-5-7-15-8-6-10/h1-4,10,15H,5-9H2. The molecule has 5 nitrogen and oxygen atoms in total. The highest BCUT2D eigenvalue weighted by Gasteiger charge is 2.36. The minimum atomic E-state index is -0.352. The number of benzene rings is 1. The van der Waals surface area contributed by atoms with Gasteiger partial charge < -0.3 is 5.32 Å². The first-order valence-electron chi connectivity index (χ1n) is 6.59. The fraction of sp³-hybridized carbons (Fsp3) is 0.429. The van der Waals surface area contributed by atoms with Crippen molar-refractivity contribution in [2.45, 2.75) is 12.8 Å². The van der Waals surface area contributed by atoms with E-state index in [2.05, 4.69) is 5.32 Å². The van der Waals surface area contributed by atoms with Gasteiger partial charge >= 0.3 is 0 Å². The first kappa shape index (κ1) is 12.3. The number of carbonyl (C=O) groups excluding carboxylic acids is 2. The lowest BCUT2D eigenvalue weighted by Gasteiger charge is -2.23. The summed E-state index contributed by atoms with van der Waals surface area (Å²) in [5.41, 5.74) is 0.857. The number of carbonyl (C=O) groups is 2. The van der Waals surface area contributed by atoms with E-state index in [1.807, 2.05) is 0 Å². The van der Waals surface area contributed by atoms with Crippen LogP contribution in [0.3, 0.4) is 0 Å². The molecule has 0 radical (unpaired) electrons. The molecule has 2 aliphatic rings. The Morgan fingerprint density at radius 3 is 2.26 bits per heavy atom. The number of rotatable bonds is 3. The molecule has 1 saturated heterocycles. The number of hydrogen-bond acceptors (Lipinski definition) is 4. The van der Waals surface area contributed by atoms with Crippen molar-refractivity contribution in [3.05, 3.63) is 35.4 Å². The van der Waals surface area contributed by atoms with Gasteiger partial charge in [-0.25, -0.2) is 0 Å². The van der Waals surface area contributed by atoms with Gasteiger partial charge in [-0.05, 0) is 44.0 Å². The predicted octanol–water partition coefficient (Wildman–Crippen LogP) is 1.21. The van der Waals surface area contributed by atoms with Gasteiger partial charge in [0.2, 0.25) is 0 Å². The summed E-state index contributed by atoms with van der Waals surface area (Å²) in [5.74, 6) is -0.297. The molecule has 2 heterocycles. The van der Waals surface area contributed by atoms with Crippen molar-refractivity contribution in [2.24, 2.45) is 5.92 Å². The second-order valence-corrected chi connectivity index (χ2v) is 4.94. The third kappa shape index (κ3) is 2.27. The molecular weight excluding hydrogens is 244 g/mol. The molecule has 0 saturated carbocycles. The second-order valence-electron chi connectivity index (χ2n) is 4.94. The zero-order chi connectivity index (χ0) is 13.2. The number of amides is 2. The minimum absolute atomic E-state index is 0.352. The maximum atomic E-state index is 12.0. The topological polar surface area (TPSA) is 58.6 Å². The van der Waals surface area contributed by atoms with Crippen molar-refractivity contribution in [3.63, 3.8) is 0 Å². The zero-order valence-corrected chi connectivity index (χ0v) is 10.6. The average molecular weight is 260 g/mol. The molecular formula is C14H16N2O3. The Labute approximate surface area is 111 Å². The van der Waals surface area contributed by atoms with Crippen LogP contribution < -0.4 is 5.32 Å². The van der Waals surface area contributed by atoms with E-state index in [4.69, 9.17) is 4.84 Å². The van der Waals surface area contributed by atoms with Gasteiger partial charge in [-0.1, -0.05) is 12.1 Å². The van der Waals surface area contributed by atoms with Gasteiger partial charge in [0.25, 0.3) is 11.8 Å². The molecule has 0 aliphatic carbocycles. The fourth-order valence-corrected chi connectivity index (χ4v) is 2.51.